The molecule has 1 amide bonds. The molecule has 0 saturated heterocycles. The van der Waals surface area contributed by atoms with Gasteiger partial charge in [0.25, 0.3) is 0 Å². The van der Waals surface area contributed by atoms with Gasteiger partial charge in [-0.05, 0) is 47.0 Å². The molecule has 0 heterocycles. The number of methoxy groups -OCH3 is 1. The lowest BCUT2D eigenvalue weighted by molar-refractivity contribution is -0.121. The summed E-state index contributed by atoms with van der Waals surface area (Å²) in [5.74, 6) is -0.0362. The molecule has 0 aromatic rings. The molecule has 130 valence electrons. The third-order valence-electron chi connectivity index (χ3n) is 3.59. The Balaban J connectivity index is 3.83. The van der Waals surface area contributed by atoms with Gasteiger partial charge >= 0.3 is 0 Å². The van der Waals surface area contributed by atoms with Crippen molar-refractivity contribution < 1.29 is 19.1 Å². The van der Waals surface area contributed by atoms with E-state index >= 15 is 0 Å². The number of carbonyl (C=O) groups excluding carboxylic acids is 2. The zero-order chi connectivity index (χ0) is 17.2. The van der Waals surface area contributed by atoms with Crippen LogP contribution in [0.4, 0.5) is 0 Å². The Morgan fingerprint density at radius 2 is 1.68 bits per heavy atom. The standard InChI is InChI=1S/C16H31NO4S/c1-15(2,20-5)10-12-21-16(3,4)9-11-17-13(18)7-6-8-14(19)22/h6-12H2,1-5H3,(H,17,18)(H,19,22). The minimum Gasteiger partial charge on any atom is -0.379 e. The number of carbonyl (C=O) groups is 2. The smallest absolute Gasteiger partial charge is 0.220 e. The van der Waals surface area contributed by atoms with E-state index in [-0.39, 0.29) is 22.2 Å². The third-order valence-corrected chi connectivity index (χ3v) is 3.82. The second kappa shape index (κ2) is 10.2. The minimum absolute atomic E-state index is 0.0362. The molecular weight excluding hydrogens is 302 g/mol. The van der Waals surface area contributed by atoms with Gasteiger partial charge in [-0.2, -0.15) is 0 Å². The summed E-state index contributed by atoms with van der Waals surface area (Å²) in [7, 11) is 1.70. The van der Waals surface area contributed by atoms with Gasteiger partial charge in [-0.1, -0.05) is 0 Å². The molecule has 1 N–H and O–H groups in total. The van der Waals surface area contributed by atoms with Crippen LogP contribution in [-0.4, -0.2) is 42.5 Å². The molecule has 0 atom stereocenters. The van der Waals surface area contributed by atoms with Gasteiger partial charge in [-0.3, -0.25) is 9.59 Å². The highest BCUT2D eigenvalue weighted by molar-refractivity contribution is 7.96. The predicted molar refractivity (Wildman–Crippen MR) is 91.2 cm³/mol. The summed E-state index contributed by atoms with van der Waals surface area (Å²) in [6, 6.07) is 0. The van der Waals surface area contributed by atoms with Crippen LogP contribution in [0.2, 0.25) is 0 Å². The normalized spacial score (nSPS) is 12.3. The summed E-state index contributed by atoms with van der Waals surface area (Å²) in [4.78, 5) is 22.3. The highest BCUT2D eigenvalue weighted by Crippen LogP contribution is 2.18. The van der Waals surface area contributed by atoms with Gasteiger partial charge < -0.3 is 14.8 Å². The Morgan fingerprint density at radius 1 is 1.05 bits per heavy atom. The molecule has 5 nitrogen and oxygen atoms in total. The first kappa shape index (κ1) is 21.4. The summed E-state index contributed by atoms with van der Waals surface area (Å²) in [6.45, 7) is 9.26. The molecule has 22 heavy (non-hydrogen) atoms. The number of hydrogen-bond donors (Lipinski definition) is 2. The number of thiol groups is 1. The highest BCUT2D eigenvalue weighted by atomic mass is 32.1. The Bertz CT molecular complexity index is 356. The monoisotopic (exact) mass is 333 g/mol. The molecule has 0 aliphatic carbocycles. The molecule has 0 spiro atoms. The van der Waals surface area contributed by atoms with E-state index in [0.29, 0.717) is 32.4 Å². The first-order valence-corrected chi connectivity index (χ1v) is 8.20. The van der Waals surface area contributed by atoms with E-state index in [1.807, 2.05) is 27.7 Å². The van der Waals surface area contributed by atoms with Crippen LogP contribution in [0.3, 0.4) is 0 Å². The van der Waals surface area contributed by atoms with Crippen LogP contribution in [0.25, 0.3) is 0 Å². The molecule has 0 aliphatic heterocycles. The average molecular weight is 333 g/mol. The summed E-state index contributed by atoms with van der Waals surface area (Å²) < 4.78 is 11.2. The van der Waals surface area contributed by atoms with Gasteiger partial charge in [-0.15, -0.1) is 12.6 Å². The van der Waals surface area contributed by atoms with Crippen molar-refractivity contribution in [3.05, 3.63) is 0 Å². The SMILES string of the molecule is COC(C)(C)CCOC(C)(C)CCNC(=O)CCCC(=O)S. The molecule has 0 radical (unpaired) electrons. The van der Waals surface area contributed by atoms with Crippen LogP contribution >= 0.6 is 12.6 Å². The second-order valence-electron chi connectivity index (χ2n) is 6.67. The maximum atomic E-state index is 11.6. The lowest BCUT2D eigenvalue weighted by Crippen LogP contribution is -2.34. The van der Waals surface area contributed by atoms with Crippen LogP contribution in [0, 0.1) is 0 Å². The molecule has 6 heteroatoms. The number of rotatable bonds is 12. The van der Waals surface area contributed by atoms with Crippen molar-refractivity contribution in [3.8, 4) is 0 Å². The van der Waals surface area contributed by atoms with Crippen molar-refractivity contribution in [2.24, 2.45) is 0 Å². The first-order chi connectivity index (χ1) is 10.1. The van der Waals surface area contributed by atoms with E-state index < -0.39 is 0 Å². The molecular formula is C16H31NO4S. The summed E-state index contributed by atoms with van der Waals surface area (Å²) in [5.41, 5.74) is -0.479. The van der Waals surface area contributed by atoms with E-state index in [0.717, 1.165) is 12.8 Å². The predicted octanol–water partition coefficient (Wildman–Crippen LogP) is 2.73. The lowest BCUT2D eigenvalue weighted by atomic mass is 10.0. The van der Waals surface area contributed by atoms with Crippen molar-refractivity contribution in [1.82, 2.24) is 5.32 Å². The number of amides is 1. The van der Waals surface area contributed by atoms with Gasteiger partial charge in [0.2, 0.25) is 5.91 Å². The van der Waals surface area contributed by atoms with Crippen molar-refractivity contribution in [1.29, 1.82) is 0 Å². The summed E-state index contributed by atoms with van der Waals surface area (Å²) >= 11 is 3.67. The van der Waals surface area contributed by atoms with Crippen LogP contribution in [-0.2, 0) is 19.1 Å². The number of ether oxygens (including phenoxy) is 2. The maximum Gasteiger partial charge on any atom is 0.220 e. The number of hydrogen-bond acceptors (Lipinski definition) is 4. The highest BCUT2D eigenvalue weighted by Gasteiger charge is 2.21. The van der Waals surface area contributed by atoms with Crippen molar-refractivity contribution in [2.75, 3.05) is 20.3 Å². The summed E-state index contributed by atoms with van der Waals surface area (Å²) in [5, 5.41) is 2.67. The second-order valence-corrected chi connectivity index (χ2v) is 7.17. The topological polar surface area (TPSA) is 64.6 Å². The van der Waals surface area contributed by atoms with Crippen LogP contribution in [0.5, 0.6) is 0 Å². The van der Waals surface area contributed by atoms with Gasteiger partial charge in [0.1, 0.15) is 0 Å². The Hall–Kier alpha value is -0.590. The third kappa shape index (κ3) is 12.0. The zero-order valence-corrected chi connectivity index (χ0v) is 15.4. The van der Waals surface area contributed by atoms with Crippen LogP contribution < -0.4 is 5.32 Å². The fourth-order valence-corrected chi connectivity index (χ4v) is 1.90. The quantitative estimate of drug-likeness (QED) is 0.539. The van der Waals surface area contributed by atoms with E-state index in [4.69, 9.17) is 9.47 Å². The largest absolute Gasteiger partial charge is 0.379 e. The maximum absolute atomic E-state index is 11.6. The van der Waals surface area contributed by atoms with Gasteiger partial charge in [0, 0.05) is 26.5 Å². The van der Waals surface area contributed by atoms with E-state index in [2.05, 4.69) is 17.9 Å². The molecule has 0 unspecified atom stereocenters. The van der Waals surface area contributed by atoms with E-state index in [1.54, 1.807) is 7.11 Å². The van der Waals surface area contributed by atoms with Crippen molar-refractivity contribution >= 4 is 23.7 Å². The van der Waals surface area contributed by atoms with Gasteiger partial charge in [0.15, 0.2) is 5.12 Å². The first-order valence-electron chi connectivity index (χ1n) is 7.75. The van der Waals surface area contributed by atoms with Crippen molar-refractivity contribution in [2.45, 2.75) is 71.0 Å². The molecule has 0 bridgehead atoms. The van der Waals surface area contributed by atoms with Gasteiger partial charge in [-0.25, -0.2) is 0 Å². The average Bonchev–Trinajstić information content (AvgIpc) is 2.37. The molecule has 0 fully saturated rings. The molecule has 0 saturated carbocycles. The van der Waals surface area contributed by atoms with Crippen molar-refractivity contribution in [3.63, 3.8) is 0 Å². The van der Waals surface area contributed by atoms with E-state index in [9.17, 15) is 9.59 Å². The molecule has 0 aromatic heterocycles. The summed E-state index contributed by atoms with van der Waals surface area (Å²) in [6.07, 6.45) is 2.78. The number of nitrogens with one attached hydrogen (secondary N) is 1. The van der Waals surface area contributed by atoms with E-state index in [1.165, 1.54) is 0 Å². The Labute approximate surface area is 139 Å². The molecule has 0 aromatic carbocycles. The van der Waals surface area contributed by atoms with Gasteiger partial charge in [0.05, 0.1) is 17.8 Å². The molecule has 0 aliphatic rings. The van der Waals surface area contributed by atoms with Crippen LogP contribution in [0.1, 0.15) is 59.8 Å². The Morgan fingerprint density at radius 3 is 2.23 bits per heavy atom. The lowest BCUT2D eigenvalue weighted by Gasteiger charge is -2.29. The minimum atomic E-state index is -0.293. The fraction of sp³-hybridized carbons (Fsp3) is 0.875. The zero-order valence-electron chi connectivity index (χ0n) is 14.5. The fourth-order valence-electron chi connectivity index (χ4n) is 1.74. The Kier molecular flexibility index (Phi) is 9.96. The molecule has 0 rings (SSSR count). The van der Waals surface area contributed by atoms with Crippen LogP contribution in [0.15, 0.2) is 0 Å².